The molecule has 0 aliphatic heterocycles. The second-order valence-electron chi connectivity index (χ2n) is 4.92. The van der Waals surface area contributed by atoms with Gasteiger partial charge in [0.1, 0.15) is 0 Å². The average Bonchev–Trinajstić information content (AvgIpc) is 2.76. The molecule has 0 aliphatic carbocycles. The minimum absolute atomic E-state index is 0.113. The van der Waals surface area contributed by atoms with Gasteiger partial charge in [0.2, 0.25) is 0 Å². The Hall–Kier alpha value is -1.00. The average molecular weight is 249 g/mol. The number of hydrogen-bond acceptors (Lipinski definition) is 3. The molecule has 3 nitrogen and oxygen atoms in total. The van der Waals surface area contributed by atoms with Crippen LogP contribution in [0.1, 0.15) is 19.4 Å². The Kier molecular flexibility index (Phi) is 3.74. The predicted molar refractivity (Wildman–Crippen MR) is 75.8 cm³/mol. The van der Waals surface area contributed by atoms with Gasteiger partial charge in [0.25, 0.3) is 0 Å². The minimum atomic E-state index is 0.113. The largest absolute Gasteiger partial charge is 0.345 e. The van der Waals surface area contributed by atoms with Crippen LogP contribution in [0.2, 0.25) is 0 Å². The maximum absolute atomic E-state index is 4.24. The number of rotatable bonds is 5. The summed E-state index contributed by atoms with van der Waals surface area (Å²) in [5.74, 6) is 0.871. The Bertz CT molecular complexity index is 490. The fourth-order valence-corrected chi connectivity index (χ4v) is 2.10. The first-order valence-corrected chi connectivity index (χ1v) is 6.52. The number of hydrogen-bond donors (Lipinski definition) is 3. The van der Waals surface area contributed by atoms with Crippen molar-refractivity contribution in [3.63, 3.8) is 0 Å². The Morgan fingerprint density at radius 3 is 3.00 bits per heavy atom. The summed E-state index contributed by atoms with van der Waals surface area (Å²) in [5.41, 5.74) is 3.56. The van der Waals surface area contributed by atoms with E-state index in [0.29, 0.717) is 0 Å². The molecule has 1 aromatic heterocycles. The van der Waals surface area contributed by atoms with Crippen molar-refractivity contribution in [2.45, 2.75) is 19.3 Å². The molecule has 4 heteroatoms. The van der Waals surface area contributed by atoms with Crippen molar-refractivity contribution < 1.29 is 0 Å². The standard InChI is InChI=1S/C13H19N3S/c1-13(2,8-14-5-6-17)10-3-4-11-12(7-10)16-9-15-11/h3-4,7,9,14,17H,5-6,8H2,1-2H3,(H,15,16). The third kappa shape index (κ3) is 2.82. The van der Waals surface area contributed by atoms with Gasteiger partial charge in [0.05, 0.1) is 17.4 Å². The van der Waals surface area contributed by atoms with Crippen molar-refractivity contribution in [1.82, 2.24) is 15.3 Å². The van der Waals surface area contributed by atoms with Gasteiger partial charge in [-0.1, -0.05) is 19.9 Å². The molecule has 0 atom stereocenters. The van der Waals surface area contributed by atoms with Crippen LogP contribution in [0.4, 0.5) is 0 Å². The van der Waals surface area contributed by atoms with Gasteiger partial charge in [-0.2, -0.15) is 12.6 Å². The van der Waals surface area contributed by atoms with E-state index >= 15 is 0 Å². The van der Waals surface area contributed by atoms with Crippen LogP contribution in [-0.4, -0.2) is 28.8 Å². The highest BCUT2D eigenvalue weighted by Gasteiger charge is 2.20. The van der Waals surface area contributed by atoms with Crippen molar-refractivity contribution in [1.29, 1.82) is 0 Å². The van der Waals surface area contributed by atoms with Gasteiger partial charge < -0.3 is 10.3 Å². The summed E-state index contributed by atoms with van der Waals surface area (Å²) < 4.78 is 0. The third-order valence-corrected chi connectivity index (χ3v) is 3.28. The molecule has 0 saturated heterocycles. The predicted octanol–water partition coefficient (Wildman–Crippen LogP) is 2.36. The monoisotopic (exact) mass is 249 g/mol. The molecule has 2 aromatic rings. The Balaban J connectivity index is 2.18. The van der Waals surface area contributed by atoms with Crippen molar-refractivity contribution >= 4 is 23.7 Å². The normalized spacial score (nSPS) is 12.2. The van der Waals surface area contributed by atoms with E-state index in [4.69, 9.17) is 0 Å². The minimum Gasteiger partial charge on any atom is -0.345 e. The van der Waals surface area contributed by atoms with Gasteiger partial charge in [-0.05, 0) is 17.7 Å². The Labute approximate surface area is 107 Å². The van der Waals surface area contributed by atoms with Crippen LogP contribution in [0.3, 0.4) is 0 Å². The van der Waals surface area contributed by atoms with Crippen LogP contribution < -0.4 is 5.32 Å². The van der Waals surface area contributed by atoms with Gasteiger partial charge in [-0.3, -0.25) is 0 Å². The fourth-order valence-electron chi connectivity index (χ4n) is 1.94. The molecule has 1 aromatic carbocycles. The molecule has 92 valence electrons. The summed E-state index contributed by atoms with van der Waals surface area (Å²) in [6, 6.07) is 6.41. The lowest BCUT2D eigenvalue weighted by atomic mass is 9.84. The topological polar surface area (TPSA) is 40.7 Å². The quantitative estimate of drug-likeness (QED) is 0.562. The first-order chi connectivity index (χ1) is 8.13. The molecule has 0 aliphatic rings. The van der Waals surface area contributed by atoms with Crippen LogP contribution in [-0.2, 0) is 5.41 Å². The van der Waals surface area contributed by atoms with Crippen LogP contribution in [0.5, 0.6) is 0 Å². The van der Waals surface area contributed by atoms with E-state index in [0.717, 1.165) is 29.9 Å². The third-order valence-electron chi connectivity index (χ3n) is 3.06. The van der Waals surface area contributed by atoms with E-state index in [-0.39, 0.29) is 5.41 Å². The molecule has 0 radical (unpaired) electrons. The van der Waals surface area contributed by atoms with Crippen LogP contribution in [0.15, 0.2) is 24.5 Å². The molecule has 0 bridgehead atoms. The molecule has 0 unspecified atom stereocenters. The zero-order valence-corrected chi connectivity index (χ0v) is 11.2. The lowest BCUT2D eigenvalue weighted by Gasteiger charge is -2.25. The molecule has 0 fully saturated rings. The lowest BCUT2D eigenvalue weighted by molar-refractivity contribution is 0.479. The maximum atomic E-state index is 4.24. The number of thiol groups is 1. The highest BCUT2D eigenvalue weighted by molar-refractivity contribution is 7.80. The van der Waals surface area contributed by atoms with Gasteiger partial charge in [0.15, 0.2) is 0 Å². The van der Waals surface area contributed by atoms with Crippen molar-refractivity contribution in [3.8, 4) is 0 Å². The molecule has 17 heavy (non-hydrogen) atoms. The SMILES string of the molecule is CC(C)(CNCCS)c1ccc2nc[nH]c2c1. The number of aromatic amines is 1. The number of benzene rings is 1. The van der Waals surface area contributed by atoms with Crippen molar-refractivity contribution in [2.24, 2.45) is 0 Å². The zero-order valence-electron chi connectivity index (χ0n) is 10.3. The van der Waals surface area contributed by atoms with Gasteiger partial charge in [-0.25, -0.2) is 4.98 Å². The van der Waals surface area contributed by atoms with Crippen LogP contribution in [0, 0.1) is 0 Å². The van der Waals surface area contributed by atoms with E-state index in [2.05, 4.69) is 60.0 Å². The van der Waals surface area contributed by atoms with E-state index in [1.807, 2.05) is 0 Å². The highest BCUT2D eigenvalue weighted by atomic mass is 32.1. The van der Waals surface area contributed by atoms with Crippen LogP contribution >= 0.6 is 12.6 Å². The Morgan fingerprint density at radius 1 is 1.41 bits per heavy atom. The second kappa shape index (κ2) is 5.10. The molecule has 2 N–H and O–H groups in total. The van der Waals surface area contributed by atoms with Crippen molar-refractivity contribution in [3.05, 3.63) is 30.1 Å². The summed E-state index contributed by atoms with van der Waals surface area (Å²) in [4.78, 5) is 7.39. The molecular formula is C13H19N3S. The van der Waals surface area contributed by atoms with E-state index < -0.39 is 0 Å². The van der Waals surface area contributed by atoms with Gasteiger partial charge >= 0.3 is 0 Å². The highest BCUT2D eigenvalue weighted by Crippen LogP contribution is 2.24. The summed E-state index contributed by atoms with van der Waals surface area (Å²) in [6.07, 6.45) is 1.74. The fraction of sp³-hybridized carbons (Fsp3) is 0.462. The van der Waals surface area contributed by atoms with Gasteiger partial charge in [-0.15, -0.1) is 0 Å². The number of aromatic nitrogens is 2. The van der Waals surface area contributed by atoms with E-state index in [9.17, 15) is 0 Å². The second-order valence-corrected chi connectivity index (χ2v) is 5.37. The number of nitrogens with zero attached hydrogens (tertiary/aromatic N) is 1. The first kappa shape index (κ1) is 12.5. The van der Waals surface area contributed by atoms with E-state index in [1.54, 1.807) is 6.33 Å². The maximum Gasteiger partial charge on any atom is 0.0931 e. The van der Waals surface area contributed by atoms with Crippen molar-refractivity contribution in [2.75, 3.05) is 18.8 Å². The number of imidazole rings is 1. The van der Waals surface area contributed by atoms with E-state index in [1.165, 1.54) is 5.56 Å². The van der Waals surface area contributed by atoms with Crippen LogP contribution in [0.25, 0.3) is 11.0 Å². The van der Waals surface area contributed by atoms with Gasteiger partial charge in [0, 0.05) is 24.3 Å². The smallest absolute Gasteiger partial charge is 0.0931 e. The zero-order chi connectivity index (χ0) is 12.3. The summed E-state index contributed by atoms with van der Waals surface area (Å²) in [7, 11) is 0. The number of H-pyrrole nitrogens is 1. The molecule has 2 rings (SSSR count). The number of fused-ring (bicyclic) bond motifs is 1. The molecule has 1 heterocycles. The summed E-state index contributed by atoms with van der Waals surface area (Å²) in [6.45, 7) is 6.39. The molecule has 0 amide bonds. The molecule has 0 spiro atoms. The summed E-state index contributed by atoms with van der Waals surface area (Å²) in [5, 5.41) is 3.41. The number of nitrogens with one attached hydrogen (secondary N) is 2. The summed E-state index contributed by atoms with van der Waals surface area (Å²) >= 11 is 4.20. The Morgan fingerprint density at radius 2 is 2.24 bits per heavy atom. The molecule has 0 saturated carbocycles. The first-order valence-electron chi connectivity index (χ1n) is 5.89. The molecular weight excluding hydrogens is 230 g/mol. The lowest BCUT2D eigenvalue weighted by Crippen LogP contribution is -2.33.